The van der Waals surface area contributed by atoms with Crippen LogP contribution in [0.1, 0.15) is 5.56 Å². The summed E-state index contributed by atoms with van der Waals surface area (Å²) in [5.74, 6) is 0.0727. The zero-order valence-corrected chi connectivity index (χ0v) is 12.9. The van der Waals surface area contributed by atoms with Gasteiger partial charge in [-0.25, -0.2) is 13.4 Å². The van der Waals surface area contributed by atoms with Crippen molar-refractivity contribution in [3.05, 3.63) is 47.5 Å². The van der Waals surface area contributed by atoms with Crippen molar-refractivity contribution in [1.29, 1.82) is 0 Å². The molecule has 0 fully saturated rings. The third kappa shape index (κ3) is 4.19. The number of hydrogen-bond acceptors (Lipinski definition) is 6. The van der Waals surface area contributed by atoms with E-state index in [1.807, 2.05) is 18.2 Å². The van der Waals surface area contributed by atoms with Gasteiger partial charge in [-0.1, -0.05) is 30.3 Å². The first-order chi connectivity index (χ1) is 10.5. The van der Waals surface area contributed by atoms with Gasteiger partial charge in [0.1, 0.15) is 5.69 Å². The highest BCUT2D eigenvalue weighted by Crippen LogP contribution is 2.23. The number of rotatable bonds is 6. The first-order valence-corrected chi connectivity index (χ1v) is 7.79. The van der Waals surface area contributed by atoms with Crippen LogP contribution in [-0.4, -0.2) is 32.6 Å². The molecular formula is C14H15N3O4S. The predicted octanol–water partition coefficient (Wildman–Crippen LogP) is 1.91. The highest BCUT2D eigenvalue weighted by Gasteiger charge is 2.13. The summed E-state index contributed by atoms with van der Waals surface area (Å²) in [6, 6.07) is 9.16. The lowest BCUT2D eigenvalue weighted by molar-refractivity contribution is 0.353. The molecule has 0 amide bonds. The van der Waals surface area contributed by atoms with Crippen molar-refractivity contribution in [2.24, 2.45) is 0 Å². The number of nitrogens with zero attached hydrogens (tertiary/aromatic N) is 2. The van der Waals surface area contributed by atoms with Crippen molar-refractivity contribution in [3.63, 3.8) is 0 Å². The molecule has 1 heterocycles. The minimum absolute atomic E-state index is 0.0727. The van der Waals surface area contributed by atoms with Gasteiger partial charge in [0.25, 0.3) is 10.0 Å². The molecule has 8 heteroatoms. The summed E-state index contributed by atoms with van der Waals surface area (Å²) in [5.41, 5.74) is 0.895. The molecule has 0 radical (unpaired) electrons. The van der Waals surface area contributed by atoms with Gasteiger partial charge in [0, 0.05) is 0 Å². The zero-order chi connectivity index (χ0) is 16.0. The van der Waals surface area contributed by atoms with Crippen LogP contribution in [0.2, 0.25) is 0 Å². The first-order valence-electron chi connectivity index (χ1n) is 6.25. The van der Waals surface area contributed by atoms with Gasteiger partial charge in [-0.05, 0) is 11.6 Å². The van der Waals surface area contributed by atoms with Gasteiger partial charge in [-0.2, -0.15) is 4.98 Å². The number of hydrogen-bond donors (Lipinski definition) is 1. The second-order valence-corrected chi connectivity index (χ2v) is 5.71. The van der Waals surface area contributed by atoms with E-state index in [0.29, 0.717) is 0 Å². The van der Waals surface area contributed by atoms with Crippen molar-refractivity contribution >= 4 is 21.8 Å². The third-order valence-electron chi connectivity index (χ3n) is 2.60. The minimum Gasteiger partial charge on any atom is -0.479 e. The standard InChI is InChI=1S/C14H15N3O4S/c1-20-13-12(10-15-14(16-13)21-2)17-22(18,19)9-8-11-6-4-3-5-7-11/h3-10,17H,1-2H3. The Morgan fingerprint density at radius 3 is 2.50 bits per heavy atom. The predicted molar refractivity (Wildman–Crippen MR) is 83.2 cm³/mol. The maximum Gasteiger partial charge on any atom is 0.319 e. The normalized spacial score (nSPS) is 11.4. The average molecular weight is 321 g/mol. The molecule has 2 rings (SSSR count). The molecule has 1 aromatic heterocycles. The number of nitrogens with one attached hydrogen (secondary N) is 1. The number of anilines is 1. The summed E-state index contributed by atoms with van der Waals surface area (Å²) in [6.45, 7) is 0. The van der Waals surface area contributed by atoms with E-state index < -0.39 is 10.0 Å². The number of aromatic nitrogens is 2. The van der Waals surface area contributed by atoms with E-state index >= 15 is 0 Å². The highest BCUT2D eigenvalue weighted by atomic mass is 32.2. The van der Waals surface area contributed by atoms with Gasteiger partial charge in [0.2, 0.25) is 5.88 Å². The lowest BCUT2D eigenvalue weighted by atomic mass is 10.2. The molecular weight excluding hydrogens is 306 g/mol. The summed E-state index contributed by atoms with van der Waals surface area (Å²) in [7, 11) is -0.938. The van der Waals surface area contributed by atoms with E-state index in [2.05, 4.69) is 14.7 Å². The van der Waals surface area contributed by atoms with Gasteiger partial charge in [0.15, 0.2) is 0 Å². The van der Waals surface area contributed by atoms with Crippen molar-refractivity contribution in [2.75, 3.05) is 18.9 Å². The summed E-state index contributed by atoms with van der Waals surface area (Å²) in [6.07, 6.45) is 2.76. The molecule has 1 aromatic carbocycles. The lowest BCUT2D eigenvalue weighted by Gasteiger charge is -2.09. The van der Waals surface area contributed by atoms with E-state index in [0.717, 1.165) is 11.0 Å². The average Bonchev–Trinajstić information content (AvgIpc) is 2.54. The van der Waals surface area contributed by atoms with Gasteiger partial charge >= 0.3 is 6.01 Å². The molecule has 0 atom stereocenters. The number of benzene rings is 1. The van der Waals surface area contributed by atoms with Gasteiger partial charge in [0.05, 0.1) is 25.8 Å². The molecule has 2 aromatic rings. The Balaban J connectivity index is 2.20. The zero-order valence-electron chi connectivity index (χ0n) is 12.1. The van der Waals surface area contributed by atoms with E-state index in [9.17, 15) is 8.42 Å². The van der Waals surface area contributed by atoms with Crippen LogP contribution in [0, 0.1) is 0 Å². The largest absolute Gasteiger partial charge is 0.479 e. The Bertz CT molecular complexity index is 761. The molecule has 1 N–H and O–H groups in total. The van der Waals surface area contributed by atoms with Crippen LogP contribution in [0.3, 0.4) is 0 Å². The molecule has 0 spiro atoms. The molecule has 0 bridgehead atoms. The summed E-state index contributed by atoms with van der Waals surface area (Å²) in [4.78, 5) is 7.75. The Morgan fingerprint density at radius 2 is 1.86 bits per heavy atom. The Labute approximate surface area is 128 Å². The van der Waals surface area contributed by atoms with Gasteiger partial charge < -0.3 is 9.47 Å². The Hall–Kier alpha value is -2.61. The topological polar surface area (TPSA) is 90.4 Å². The van der Waals surface area contributed by atoms with Crippen molar-refractivity contribution in [3.8, 4) is 11.9 Å². The lowest BCUT2D eigenvalue weighted by Crippen LogP contribution is -2.11. The fourth-order valence-corrected chi connectivity index (χ4v) is 2.45. The Kier molecular flexibility index (Phi) is 4.95. The van der Waals surface area contributed by atoms with Gasteiger partial charge in [-0.3, -0.25) is 4.72 Å². The SMILES string of the molecule is COc1ncc(NS(=O)(=O)C=Cc2ccccc2)c(OC)n1. The third-order valence-corrected chi connectivity index (χ3v) is 3.60. The molecule has 7 nitrogen and oxygen atoms in total. The van der Waals surface area contributed by atoms with Crippen LogP contribution in [0.5, 0.6) is 11.9 Å². The Morgan fingerprint density at radius 1 is 1.14 bits per heavy atom. The highest BCUT2D eigenvalue weighted by molar-refractivity contribution is 7.95. The molecule has 0 aliphatic heterocycles. The van der Waals surface area contributed by atoms with Crippen LogP contribution in [0.4, 0.5) is 5.69 Å². The van der Waals surface area contributed by atoms with Crippen LogP contribution in [0.15, 0.2) is 41.9 Å². The van der Waals surface area contributed by atoms with E-state index in [-0.39, 0.29) is 17.6 Å². The van der Waals surface area contributed by atoms with Crippen molar-refractivity contribution < 1.29 is 17.9 Å². The van der Waals surface area contributed by atoms with Crippen LogP contribution < -0.4 is 14.2 Å². The fraction of sp³-hybridized carbons (Fsp3) is 0.143. The number of ether oxygens (including phenoxy) is 2. The molecule has 0 unspecified atom stereocenters. The maximum atomic E-state index is 12.1. The van der Waals surface area contributed by atoms with Crippen molar-refractivity contribution in [2.45, 2.75) is 0 Å². The fourth-order valence-electron chi connectivity index (χ4n) is 1.59. The van der Waals surface area contributed by atoms with Crippen molar-refractivity contribution in [1.82, 2.24) is 9.97 Å². The second-order valence-electron chi connectivity index (χ2n) is 4.14. The number of methoxy groups -OCH3 is 2. The molecule has 22 heavy (non-hydrogen) atoms. The quantitative estimate of drug-likeness (QED) is 0.874. The van der Waals surface area contributed by atoms with Gasteiger partial charge in [-0.15, -0.1) is 0 Å². The molecule has 0 aliphatic rings. The number of sulfonamides is 1. The minimum atomic E-state index is -3.72. The molecule has 0 aliphatic carbocycles. The monoisotopic (exact) mass is 321 g/mol. The summed E-state index contributed by atoms with van der Waals surface area (Å²) in [5, 5.41) is 1.06. The molecule has 116 valence electrons. The van der Waals surface area contributed by atoms with E-state index in [1.165, 1.54) is 26.5 Å². The summed E-state index contributed by atoms with van der Waals surface area (Å²) >= 11 is 0. The summed E-state index contributed by atoms with van der Waals surface area (Å²) < 4.78 is 36.3. The molecule has 0 saturated carbocycles. The first kappa shape index (κ1) is 15.8. The molecule has 0 saturated heterocycles. The van der Waals surface area contributed by atoms with Crippen LogP contribution >= 0.6 is 0 Å². The second kappa shape index (κ2) is 6.90. The van der Waals surface area contributed by atoms with E-state index in [1.54, 1.807) is 12.1 Å². The smallest absolute Gasteiger partial charge is 0.319 e. The van der Waals surface area contributed by atoms with Crippen LogP contribution in [0.25, 0.3) is 6.08 Å². The van der Waals surface area contributed by atoms with E-state index in [4.69, 9.17) is 9.47 Å². The van der Waals surface area contributed by atoms with Crippen LogP contribution in [-0.2, 0) is 10.0 Å². The maximum absolute atomic E-state index is 12.1.